The van der Waals surface area contributed by atoms with Gasteiger partial charge in [0.2, 0.25) is 0 Å². The van der Waals surface area contributed by atoms with Crippen LogP contribution in [0.3, 0.4) is 0 Å². The zero-order valence-corrected chi connectivity index (χ0v) is 17.1. The smallest absolute Gasteiger partial charge is 0.356 e. The average Bonchev–Trinajstić information content (AvgIpc) is 3.19. The summed E-state index contributed by atoms with van der Waals surface area (Å²) in [7, 11) is 1.71. The maximum absolute atomic E-state index is 11.4. The Morgan fingerprint density at radius 3 is 2.06 bits per heavy atom. The predicted octanol–water partition coefficient (Wildman–Crippen LogP) is 4.94. The second kappa shape index (κ2) is 9.17. The number of para-hydroxylation sites is 1. The van der Waals surface area contributed by atoms with Crippen molar-refractivity contribution in [3.8, 4) is 22.8 Å². The van der Waals surface area contributed by atoms with Crippen molar-refractivity contribution in [1.29, 1.82) is 0 Å². The van der Waals surface area contributed by atoms with Crippen LogP contribution in [-0.2, 0) is 20.3 Å². The fraction of sp³-hybridized carbons (Fsp3) is 0.120. The molecule has 156 valence electrons. The molecule has 1 N–H and O–H groups in total. The van der Waals surface area contributed by atoms with Crippen LogP contribution in [0.1, 0.15) is 21.6 Å². The summed E-state index contributed by atoms with van der Waals surface area (Å²) in [6.07, 6.45) is 0. The summed E-state index contributed by atoms with van der Waals surface area (Å²) < 4.78 is 13.8. The number of carboxylic acid groups (broad SMARTS) is 1. The van der Waals surface area contributed by atoms with Gasteiger partial charge in [0.05, 0.1) is 5.69 Å². The average molecular weight is 414 g/mol. The molecule has 0 aliphatic heterocycles. The van der Waals surface area contributed by atoms with E-state index in [2.05, 4.69) is 5.10 Å². The first kappa shape index (κ1) is 20.2. The highest BCUT2D eigenvalue weighted by molar-refractivity contribution is 5.87. The summed E-state index contributed by atoms with van der Waals surface area (Å²) in [6.45, 7) is 0.737. The van der Waals surface area contributed by atoms with Gasteiger partial charge in [0.1, 0.15) is 13.2 Å². The Morgan fingerprint density at radius 2 is 1.48 bits per heavy atom. The van der Waals surface area contributed by atoms with Crippen LogP contribution in [-0.4, -0.2) is 20.9 Å². The summed E-state index contributed by atoms with van der Waals surface area (Å²) in [4.78, 5) is 11.4. The SMILES string of the molecule is Cn1nc(C(=O)O)cc1-c1cccc(OCc2ccccc2)c1OCc1ccccc1. The van der Waals surface area contributed by atoms with E-state index in [1.165, 1.54) is 10.7 Å². The van der Waals surface area contributed by atoms with E-state index in [1.54, 1.807) is 7.05 Å². The van der Waals surface area contributed by atoms with Crippen LogP contribution in [0.15, 0.2) is 84.9 Å². The Morgan fingerprint density at radius 1 is 0.871 bits per heavy atom. The number of aromatic carboxylic acids is 1. The van der Waals surface area contributed by atoms with Gasteiger partial charge in [-0.2, -0.15) is 5.10 Å². The minimum absolute atomic E-state index is 0.0258. The molecule has 4 rings (SSSR count). The normalized spacial score (nSPS) is 10.6. The van der Waals surface area contributed by atoms with Gasteiger partial charge in [0.25, 0.3) is 0 Å². The van der Waals surface area contributed by atoms with Crippen LogP contribution in [0.25, 0.3) is 11.3 Å². The molecule has 0 atom stereocenters. The number of rotatable bonds is 8. The summed E-state index contributed by atoms with van der Waals surface area (Å²) in [5.74, 6) is 0.0441. The van der Waals surface area contributed by atoms with E-state index in [-0.39, 0.29) is 5.69 Å². The molecule has 31 heavy (non-hydrogen) atoms. The molecular weight excluding hydrogens is 392 g/mol. The number of aryl methyl sites for hydroxylation is 1. The standard InChI is InChI=1S/C25H22N2O4/c1-27-22(15-21(26-27)25(28)29)20-13-8-14-23(30-16-18-9-4-2-5-10-18)24(20)31-17-19-11-6-3-7-12-19/h2-15H,16-17H2,1H3,(H,28,29). The summed E-state index contributed by atoms with van der Waals surface area (Å²) >= 11 is 0. The van der Waals surface area contributed by atoms with E-state index in [0.717, 1.165) is 11.1 Å². The quantitative estimate of drug-likeness (QED) is 0.442. The first-order valence-corrected chi connectivity index (χ1v) is 9.86. The highest BCUT2D eigenvalue weighted by atomic mass is 16.5. The largest absolute Gasteiger partial charge is 0.485 e. The van der Waals surface area contributed by atoms with Gasteiger partial charge in [0.15, 0.2) is 17.2 Å². The van der Waals surface area contributed by atoms with E-state index in [4.69, 9.17) is 9.47 Å². The topological polar surface area (TPSA) is 73.6 Å². The molecular formula is C25H22N2O4. The molecule has 0 fully saturated rings. The Bertz CT molecular complexity index is 1170. The molecule has 0 saturated heterocycles. The summed E-state index contributed by atoms with van der Waals surface area (Å²) in [5, 5.41) is 13.4. The first-order chi connectivity index (χ1) is 15.1. The number of aromatic nitrogens is 2. The lowest BCUT2D eigenvalue weighted by Crippen LogP contribution is -2.03. The Kier molecular flexibility index (Phi) is 5.98. The number of benzene rings is 3. The molecule has 1 heterocycles. The Labute approximate surface area is 180 Å². The third-order valence-corrected chi connectivity index (χ3v) is 4.82. The van der Waals surface area contributed by atoms with Gasteiger partial charge >= 0.3 is 5.97 Å². The molecule has 0 radical (unpaired) electrons. The van der Waals surface area contributed by atoms with E-state index in [1.807, 2.05) is 78.9 Å². The van der Waals surface area contributed by atoms with E-state index >= 15 is 0 Å². The van der Waals surface area contributed by atoms with Crippen molar-refractivity contribution in [3.63, 3.8) is 0 Å². The number of nitrogens with zero attached hydrogens (tertiary/aromatic N) is 2. The molecule has 6 heteroatoms. The van der Waals surface area contributed by atoms with Crippen LogP contribution in [0, 0.1) is 0 Å². The van der Waals surface area contributed by atoms with Gasteiger partial charge in [-0.05, 0) is 29.3 Å². The van der Waals surface area contributed by atoms with Gasteiger partial charge < -0.3 is 14.6 Å². The predicted molar refractivity (Wildman–Crippen MR) is 117 cm³/mol. The third kappa shape index (κ3) is 4.75. The van der Waals surface area contributed by atoms with Gasteiger partial charge in [-0.3, -0.25) is 4.68 Å². The van der Waals surface area contributed by atoms with Gasteiger partial charge in [0, 0.05) is 12.6 Å². The minimum atomic E-state index is -1.08. The lowest BCUT2D eigenvalue weighted by atomic mass is 10.1. The van der Waals surface area contributed by atoms with Gasteiger partial charge in [-0.1, -0.05) is 66.7 Å². The summed E-state index contributed by atoms with van der Waals surface area (Å²) in [6, 6.07) is 26.8. The third-order valence-electron chi connectivity index (χ3n) is 4.82. The van der Waals surface area contributed by atoms with Crippen LogP contribution >= 0.6 is 0 Å². The number of hydrogen-bond acceptors (Lipinski definition) is 4. The molecule has 1 aromatic heterocycles. The van der Waals surface area contributed by atoms with E-state index < -0.39 is 5.97 Å². The molecule has 0 spiro atoms. The molecule has 0 aliphatic carbocycles. The van der Waals surface area contributed by atoms with Crippen molar-refractivity contribution < 1.29 is 19.4 Å². The molecule has 0 saturated carbocycles. The second-order valence-corrected chi connectivity index (χ2v) is 7.02. The van der Waals surface area contributed by atoms with Crippen molar-refractivity contribution >= 4 is 5.97 Å². The van der Waals surface area contributed by atoms with Crippen LogP contribution in [0.4, 0.5) is 0 Å². The van der Waals surface area contributed by atoms with E-state index in [9.17, 15) is 9.90 Å². The second-order valence-electron chi connectivity index (χ2n) is 7.02. The van der Waals surface area contributed by atoms with Crippen molar-refractivity contribution in [1.82, 2.24) is 9.78 Å². The number of hydrogen-bond donors (Lipinski definition) is 1. The highest BCUT2D eigenvalue weighted by Gasteiger charge is 2.19. The van der Waals surface area contributed by atoms with Crippen molar-refractivity contribution in [3.05, 3.63) is 102 Å². The van der Waals surface area contributed by atoms with Crippen LogP contribution in [0.5, 0.6) is 11.5 Å². The van der Waals surface area contributed by atoms with Crippen LogP contribution in [0.2, 0.25) is 0 Å². The Balaban J connectivity index is 1.70. The lowest BCUT2D eigenvalue weighted by Gasteiger charge is -2.17. The van der Waals surface area contributed by atoms with Crippen molar-refractivity contribution in [2.24, 2.45) is 7.05 Å². The fourth-order valence-corrected chi connectivity index (χ4v) is 3.27. The monoisotopic (exact) mass is 414 g/mol. The number of carboxylic acids is 1. The summed E-state index contributed by atoms with van der Waals surface area (Å²) in [5.41, 5.74) is 3.37. The van der Waals surface area contributed by atoms with Crippen molar-refractivity contribution in [2.45, 2.75) is 13.2 Å². The van der Waals surface area contributed by atoms with Gasteiger partial charge in [-0.25, -0.2) is 4.79 Å². The molecule has 0 amide bonds. The Hall–Kier alpha value is -4.06. The zero-order valence-electron chi connectivity index (χ0n) is 17.1. The molecule has 4 aromatic rings. The fourth-order valence-electron chi connectivity index (χ4n) is 3.27. The molecule has 0 bridgehead atoms. The maximum Gasteiger partial charge on any atom is 0.356 e. The maximum atomic E-state index is 11.4. The van der Waals surface area contributed by atoms with Gasteiger partial charge in [-0.15, -0.1) is 0 Å². The molecule has 0 aliphatic rings. The van der Waals surface area contributed by atoms with E-state index in [0.29, 0.717) is 36.0 Å². The van der Waals surface area contributed by atoms with Crippen molar-refractivity contribution in [2.75, 3.05) is 0 Å². The van der Waals surface area contributed by atoms with Crippen LogP contribution < -0.4 is 9.47 Å². The molecule has 6 nitrogen and oxygen atoms in total. The highest BCUT2D eigenvalue weighted by Crippen LogP contribution is 2.39. The zero-order chi connectivity index (χ0) is 21.6. The number of ether oxygens (including phenoxy) is 2. The molecule has 0 unspecified atom stereocenters. The minimum Gasteiger partial charge on any atom is -0.485 e. The molecule has 3 aromatic carbocycles. The number of carbonyl (C=O) groups is 1. The first-order valence-electron chi connectivity index (χ1n) is 9.86. The lowest BCUT2D eigenvalue weighted by molar-refractivity contribution is 0.0689.